The predicted octanol–water partition coefficient (Wildman–Crippen LogP) is -0.196. The van der Waals surface area contributed by atoms with Gasteiger partial charge in [-0.1, -0.05) is 5.92 Å². The molecule has 2 N–H and O–H groups in total. The number of hydrogen-bond donors (Lipinski definition) is 2. The summed E-state index contributed by atoms with van der Waals surface area (Å²) in [5, 5.41) is 5.76. The summed E-state index contributed by atoms with van der Waals surface area (Å²) in [4.78, 5) is 4.07. The minimum Gasteiger partial charge on any atom is -0.359 e. The van der Waals surface area contributed by atoms with Gasteiger partial charge >= 0.3 is 0 Å². The fraction of sp³-hybridized carbons (Fsp3) is 0.571. The molecule has 0 unspecified atom stereocenters. The van der Waals surface area contributed by atoms with Crippen LogP contribution in [0.15, 0.2) is 4.99 Å². The first kappa shape index (κ1) is 8.83. The van der Waals surface area contributed by atoms with Crippen LogP contribution in [-0.4, -0.2) is 26.6 Å². The predicted molar refractivity (Wildman–Crippen MR) is 43.9 cm³/mol. The van der Waals surface area contributed by atoms with Crippen LogP contribution in [0, 0.1) is 11.8 Å². The molecule has 0 aliphatic heterocycles. The van der Waals surface area contributed by atoms with Gasteiger partial charge in [-0.05, 0) is 6.92 Å². The third-order valence-electron chi connectivity index (χ3n) is 0.967. The smallest absolute Gasteiger partial charge is 0.191 e. The normalized spacial score (nSPS) is 7.10. The van der Waals surface area contributed by atoms with Crippen molar-refractivity contribution >= 4 is 5.96 Å². The lowest BCUT2D eigenvalue weighted by molar-refractivity contribution is 0.999. The first-order valence-electron chi connectivity index (χ1n) is 3.14. The van der Waals surface area contributed by atoms with E-state index in [9.17, 15) is 0 Å². The van der Waals surface area contributed by atoms with Crippen LogP contribution >= 0.6 is 0 Å². The van der Waals surface area contributed by atoms with E-state index >= 15 is 0 Å². The van der Waals surface area contributed by atoms with Crippen molar-refractivity contribution in [3.8, 4) is 11.8 Å². The van der Waals surface area contributed by atoms with E-state index in [0.29, 0.717) is 6.54 Å². The highest BCUT2D eigenvalue weighted by Gasteiger charge is 1.84. The molecule has 0 saturated carbocycles. The fourth-order valence-corrected chi connectivity index (χ4v) is 0.481. The summed E-state index contributed by atoms with van der Waals surface area (Å²) in [6.45, 7) is 2.35. The molecule has 0 heterocycles. The number of rotatable bonds is 1. The lowest BCUT2D eigenvalue weighted by Crippen LogP contribution is -2.31. The van der Waals surface area contributed by atoms with Gasteiger partial charge in [0.05, 0.1) is 0 Å². The Balaban J connectivity index is 3.70. The Bertz CT molecular complexity index is 155. The second-order valence-corrected chi connectivity index (χ2v) is 1.59. The maximum atomic E-state index is 4.07. The Kier molecular flexibility index (Phi) is 5.26. The average molecular weight is 139 g/mol. The fourth-order valence-electron chi connectivity index (χ4n) is 0.481. The first-order chi connectivity index (χ1) is 4.85. The molecule has 0 fully saturated rings. The van der Waals surface area contributed by atoms with E-state index in [1.165, 1.54) is 0 Å². The molecule has 56 valence electrons. The third-order valence-corrected chi connectivity index (χ3v) is 0.967. The molecule has 0 aromatic rings. The summed E-state index contributed by atoms with van der Waals surface area (Å²) in [6.07, 6.45) is 0. The van der Waals surface area contributed by atoms with E-state index in [0.717, 1.165) is 5.96 Å². The zero-order valence-corrected chi connectivity index (χ0v) is 6.65. The van der Waals surface area contributed by atoms with Gasteiger partial charge in [0.25, 0.3) is 0 Å². The number of nitrogens with zero attached hydrogens (tertiary/aromatic N) is 1. The summed E-state index contributed by atoms with van der Waals surface area (Å²) < 4.78 is 0. The minimum atomic E-state index is 0.549. The van der Waals surface area contributed by atoms with Crippen molar-refractivity contribution in [1.29, 1.82) is 0 Å². The Morgan fingerprint density at radius 2 is 2.00 bits per heavy atom. The Morgan fingerprint density at radius 3 is 2.40 bits per heavy atom. The Labute approximate surface area is 61.9 Å². The molecular weight excluding hydrogens is 126 g/mol. The highest BCUT2D eigenvalue weighted by Crippen LogP contribution is 1.67. The van der Waals surface area contributed by atoms with Crippen LogP contribution in [0.3, 0.4) is 0 Å². The summed E-state index contributed by atoms with van der Waals surface area (Å²) in [5.41, 5.74) is 0. The van der Waals surface area contributed by atoms with Crippen molar-refractivity contribution in [2.45, 2.75) is 6.92 Å². The van der Waals surface area contributed by atoms with Crippen molar-refractivity contribution in [2.24, 2.45) is 4.99 Å². The van der Waals surface area contributed by atoms with Crippen molar-refractivity contribution in [3.05, 3.63) is 0 Å². The molecule has 10 heavy (non-hydrogen) atoms. The monoisotopic (exact) mass is 139 g/mol. The van der Waals surface area contributed by atoms with Gasteiger partial charge in [-0.15, -0.1) is 5.92 Å². The lowest BCUT2D eigenvalue weighted by Gasteiger charge is -2.00. The van der Waals surface area contributed by atoms with E-state index in [1.807, 2.05) is 14.1 Å². The van der Waals surface area contributed by atoms with Crippen LogP contribution in [0.25, 0.3) is 0 Å². The van der Waals surface area contributed by atoms with E-state index in [2.05, 4.69) is 27.5 Å². The first-order valence-corrected chi connectivity index (χ1v) is 3.14. The number of aliphatic imine (C=N–C) groups is 1. The number of nitrogens with one attached hydrogen (secondary N) is 2. The highest BCUT2D eigenvalue weighted by atomic mass is 15.1. The molecule has 0 aliphatic rings. The largest absolute Gasteiger partial charge is 0.359 e. The van der Waals surface area contributed by atoms with Gasteiger partial charge < -0.3 is 10.6 Å². The van der Waals surface area contributed by atoms with Gasteiger partial charge in [-0.3, -0.25) is 0 Å². The summed E-state index contributed by atoms with van der Waals surface area (Å²) in [6, 6.07) is 0. The second-order valence-electron chi connectivity index (χ2n) is 1.59. The molecule has 0 aliphatic carbocycles. The van der Waals surface area contributed by atoms with Crippen LogP contribution < -0.4 is 10.6 Å². The minimum absolute atomic E-state index is 0.549. The van der Waals surface area contributed by atoms with E-state index < -0.39 is 0 Å². The van der Waals surface area contributed by atoms with Crippen LogP contribution in [0.4, 0.5) is 0 Å². The van der Waals surface area contributed by atoms with Crippen LogP contribution in [-0.2, 0) is 0 Å². The SMILES string of the molecule is CC#CCN=C(NC)NC. The summed E-state index contributed by atoms with van der Waals surface area (Å²) >= 11 is 0. The van der Waals surface area contributed by atoms with Crippen LogP contribution in [0.1, 0.15) is 6.92 Å². The Morgan fingerprint density at radius 1 is 1.40 bits per heavy atom. The molecular formula is C7H13N3. The number of hydrogen-bond acceptors (Lipinski definition) is 1. The standard InChI is InChI=1S/C7H13N3/c1-4-5-6-10-7(8-2)9-3/h6H2,1-3H3,(H2,8,9,10). The molecule has 3 nitrogen and oxygen atoms in total. The Hall–Kier alpha value is -1.17. The van der Waals surface area contributed by atoms with Crippen molar-refractivity contribution in [1.82, 2.24) is 10.6 Å². The quantitative estimate of drug-likeness (QED) is 0.300. The molecule has 0 atom stereocenters. The van der Waals surface area contributed by atoms with Gasteiger partial charge in [0.15, 0.2) is 5.96 Å². The molecule has 0 aromatic carbocycles. The summed E-state index contributed by atoms with van der Waals surface area (Å²) in [5.74, 6) is 6.35. The van der Waals surface area contributed by atoms with Gasteiger partial charge in [0.1, 0.15) is 6.54 Å². The molecule has 0 rings (SSSR count). The molecule has 0 radical (unpaired) electrons. The molecule has 3 heteroatoms. The second kappa shape index (κ2) is 5.96. The maximum absolute atomic E-state index is 4.07. The van der Waals surface area contributed by atoms with Gasteiger partial charge in [0.2, 0.25) is 0 Å². The zero-order chi connectivity index (χ0) is 7.82. The third kappa shape index (κ3) is 3.79. The topological polar surface area (TPSA) is 36.4 Å². The van der Waals surface area contributed by atoms with Crippen molar-refractivity contribution in [3.63, 3.8) is 0 Å². The van der Waals surface area contributed by atoms with Gasteiger partial charge in [-0.25, -0.2) is 4.99 Å². The van der Waals surface area contributed by atoms with Crippen molar-refractivity contribution in [2.75, 3.05) is 20.6 Å². The van der Waals surface area contributed by atoms with Crippen LogP contribution in [0.5, 0.6) is 0 Å². The lowest BCUT2D eigenvalue weighted by atomic mass is 10.6. The zero-order valence-electron chi connectivity index (χ0n) is 6.65. The van der Waals surface area contributed by atoms with Gasteiger partial charge in [-0.2, -0.15) is 0 Å². The molecule has 0 aromatic heterocycles. The highest BCUT2D eigenvalue weighted by molar-refractivity contribution is 5.79. The molecule has 0 bridgehead atoms. The number of guanidine groups is 1. The molecule has 0 amide bonds. The average Bonchev–Trinajstić information content (AvgIpc) is 1.99. The van der Waals surface area contributed by atoms with Crippen molar-refractivity contribution < 1.29 is 0 Å². The van der Waals surface area contributed by atoms with Crippen LogP contribution in [0.2, 0.25) is 0 Å². The van der Waals surface area contributed by atoms with E-state index in [4.69, 9.17) is 0 Å². The summed E-state index contributed by atoms with van der Waals surface area (Å²) in [7, 11) is 3.63. The van der Waals surface area contributed by atoms with E-state index in [-0.39, 0.29) is 0 Å². The molecule has 0 spiro atoms. The van der Waals surface area contributed by atoms with Gasteiger partial charge in [0, 0.05) is 14.1 Å². The molecule has 0 saturated heterocycles. The maximum Gasteiger partial charge on any atom is 0.191 e. The van der Waals surface area contributed by atoms with E-state index in [1.54, 1.807) is 6.92 Å².